The zero-order valence-electron chi connectivity index (χ0n) is 12.8. The summed E-state index contributed by atoms with van der Waals surface area (Å²) >= 11 is 6.03. The molecular formula is C16H20ClN3O. The highest BCUT2D eigenvalue weighted by Crippen LogP contribution is 2.30. The summed E-state index contributed by atoms with van der Waals surface area (Å²) in [4.78, 5) is 8.71. The second-order valence-electron chi connectivity index (χ2n) is 5.01. The molecule has 0 bridgehead atoms. The molecule has 0 atom stereocenters. The third kappa shape index (κ3) is 3.93. The number of ether oxygens (including phenoxy) is 1. The van der Waals surface area contributed by atoms with Gasteiger partial charge in [0.15, 0.2) is 0 Å². The van der Waals surface area contributed by atoms with Gasteiger partial charge in [-0.3, -0.25) is 0 Å². The Labute approximate surface area is 130 Å². The summed E-state index contributed by atoms with van der Waals surface area (Å²) in [6.07, 6.45) is 1.81. The van der Waals surface area contributed by atoms with Crippen molar-refractivity contribution < 1.29 is 4.74 Å². The van der Waals surface area contributed by atoms with Gasteiger partial charge in [0.2, 0.25) is 0 Å². The summed E-state index contributed by atoms with van der Waals surface area (Å²) in [7, 11) is 0. The Balaban J connectivity index is 2.23. The minimum absolute atomic E-state index is 0.362. The number of halogens is 1. The molecule has 5 heteroatoms. The van der Waals surface area contributed by atoms with Crippen LogP contribution in [0.25, 0.3) is 0 Å². The first-order valence-corrected chi connectivity index (χ1v) is 7.37. The smallest absolute Gasteiger partial charge is 0.322 e. The maximum Gasteiger partial charge on any atom is 0.322 e. The van der Waals surface area contributed by atoms with Gasteiger partial charge in [0.25, 0.3) is 0 Å². The lowest BCUT2D eigenvalue weighted by Crippen LogP contribution is -2.13. The zero-order chi connectivity index (χ0) is 15.4. The molecule has 1 aromatic carbocycles. The molecule has 1 N–H and O–H groups in total. The number of rotatable bonds is 5. The van der Waals surface area contributed by atoms with E-state index in [1.165, 1.54) is 0 Å². The van der Waals surface area contributed by atoms with E-state index in [0.717, 1.165) is 41.2 Å². The van der Waals surface area contributed by atoms with Crippen molar-refractivity contribution in [2.24, 2.45) is 0 Å². The number of aromatic nitrogens is 2. The fourth-order valence-electron chi connectivity index (χ4n) is 2.10. The minimum Gasteiger partial charge on any atom is -0.424 e. The van der Waals surface area contributed by atoms with Gasteiger partial charge in [-0.1, -0.05) is 18.5 Å². The Bertz CT molecular complexity index is 620. The molecule has 2 rings (SSSR count). The monoisotopic (exact) mass is 305 g/mol. The van der Waals surface area contributed by atoms with Crippen LogP contribution >= 0.6 is 11.6 Å². The summed E-state index contributed by atoms with van der Waals surface area (Å²) in [6.45, 7) is 9.63. The third-order valence-corrected chi connectivity index (χ3v) is 3.46. The summed E-state index contributed by atoms with van der Waals surface area (Å²) in [5.41, 5.74) is 3.94. The van der Waals surface area contributed by atoms with Crippen molar-refractivity contribution >= 4 is 11.6 Å². The van der Waals surface area contributed by atoms with E-state index < -0.39 is 0 Å². The molecule has 112 valence electrons. The Morgan fingerprint density at radius 1 is 1.19 bits per heavy atom. The molecule has 0 saturated heterocycles. The van der Waals surface area contributed by atoms with Crippen LogP contribution in [0.4, 0.5) is 0 Å². The molecule has 0 amide bonds. The number of nitrogens with one attached hydrogen (secondary N) is 1. The lowest BCUT2D eigenvalue weighted by molar-refractivity contribution is 0.433. The molecular weight excluding hydrogens is 286 g/mol. The van der Waals surface area contributed by atoms with Gasteiger partial charge >= 0.3 is 6.01 Å². The van der Waals surface area contributed by atoms with E-state index in [1.807, 2.05) is 32.9 Å². The van der Waals surface area contributed by atoms with E-state index in [9.17, 15) is 0 Å². The number of hydrogen-bond donors (Lipinski definition) is 1. The van der Waals surface area contributed by atoms with Crippen LogP contribution in [0.5, 0.6) is 11.8 Å². The first kappa shape index (κ1) is 15.7. The van der Waals surface area contributed by atoms with E-state index in [0.29, 0.717) is 11.0 Å². The van der Waals surface area contributed by atoms with E-state index in [4.69, 9.17) is 16.3 Å². The second kappa shape index (κ2) is 6.87. The number of nitrogens with zero attached hydrogens (tertiary/aromatic N) is 2. The molecule has 4 nitrogen and oxygen atoms in total. The highest BCUT2D eigenvalue weighted by molar-refractivity contribution is 6.30. The van der Waals surface area contributed by atoms with Crippen molar-refractivity contribution in [3.8, 4) is 11.8 Å². The average Bonchev–Trinajstić information content (AvgIpc) is 2.42. The Hall–Kier alpha value is -1.65. The minimum atomic E-state index is 0.362. The largest absolute Gasteiger partial charge is 0.424 e. The number of aryl methyl sites for hydroxylation is 3. The van der Waals surface area contributed by atoms with Crippen molar-refractivity contribution in [2.75, 3.05) is 6.54 Å². The van der Waals surface area contributed by atoms with Crippen molar-refractivity contribution in [3.05, 3.63) is 45.7 Å². The predicted molar refractivity (Wildman–Crippen MR) is 85.1 cm³/mol. The van der Waals surface area contributed by atoms with Crippen LogP contribution in [0.15, 0.2) is 18.3 Å². The van der Waals surface area contributed by atoms with Crippen LogP contribution in [-0.4, -0.2) is 16.5 Å². The number of hydrogen-bond acceptors (Lipinski definition) is 4. The molecule has 0 unspecified atom stereocenters. The van der Waals surface area contributed by atoms with Gasteiger partial charge in [0.05, 0.1) is 0 Å². The van der Waals surface area contributed by atoms with Crippen LogP contribution in [0.2, 0.25) is 5.02 Å². The van der Waals surface area contributed by atoms with E-state index in [2.05, 4.69) is 22.2 Å². The third-order valence-electron chi connectivity index (χ3n) is 3.24. The molecule has 21 heavy (non-hydrogen) atoms. The van der Waals surface area contributed by atoms with Crippen molar-refractivity contribution in [1.29, 1.82) is 0 Å². The first-order valence-electron chi connectivity index (χ1n) is 6.99. The first-order chi connectivity index (χ1) is 10.0. The highest BCUT2D eigenvalue weighted by Gasteiger charge is 2.10. The van der Waals surface area contributed by atoms with Crippen LogP contribution in [0.1, 0.15) is 29.3 Å². The summed E-state index contributed by atoms with van der Waals surface area (Å²) in [5, 5.41) is 3.97. The highest BCUT2D eigenvalue weighted by atomic mass is 35.5. The molecule has 1 aromatic heterocycles. The van der Waals surface area contributed by atoms with Gasteiger partial charge in [0.1, 0.15) is 5.75 Å². The normalized spacial score (nSPS) is 10.7. The molecule has 0 radical (unpaired) electrons. The number of benzene rings is 1. The zero-order valence-corrected chi connectivity index (χ0v) is 13.6. The van der Waals surface area contributed by atoms with Gasteiger partial charge in [0, 0.05) is 29.0 Å². The molecule has 0 spiro atoms. The van der Waals surface area contributed by atoms with E-state index >= 15 is 0 Å². The average molecular weight is 306 g/mol. The van der Waals surface area contributed by atoms with Gasteiger partial charge < -0.3 is 10.1 Å². The quantitative estimate of drug-likeness (QED) is 0.908. The fraction of sp³-hybridized carbons (Fsp3) is 0.375. The van der Waals surface area contributed by atoms with Crippen LogP contribution < -0.4 is 10.1 Å². The lowest BCUT2D eigenvalue weighted by Gasteiger charge is -2.12. The lowest BCUT2D eigenvalue weighted by atomic mass is 10.1. The van der Waals surface area contributed by atoms with E-state index in [-0.39, 0.29) is 0 Å². The van der Waals surface area contributed by atoms with Gasteiger partial charge in [-0.25, -0.2) is 4.98 Å². The van der Waals surface area contributed by atoms with Crippen molar-refractivity contribution in [1.82, 2.24) is 15.3 Å². The SMILES string of the molecule is CCNCc1cnc(Oc2c(C)cc(Cl)cc2C)nc1C. The Morgan fingerprint density at radius 2 is 1.86 bits per heavy atom. The Morgan fingerprint density at radius 3 is 2.43 bits per heavy atom. The molecule has 2 aromatic rings. The van der Waals surface area contributed by atoms with Gasteiger partial charge in [-0.15, -0.1) is 0 Å². The van der Waals surface area contributed by atoms with Crippen LogP contribution in [0.3, 0.4) is 0 Å². The predicted octanol–water partition coefficient (Wildman–Crippen LogP) is 3.96. The van der Waals surface area contributed by atoms with Gasteiger partial charge in [-0.2, -0.15) is 4.98 Å². The molecule has 0 aliphatic heterocycles. The maximum atomic E-state index is 6.03. The van der Waals surface area contributed by atoms with Crippen LogP contribution in [-0.2, 0) is 6.54 Å². The van der Waals surface area contributed by atoms with E-state index in [1.54, 1.807) is 6.20 Å². The van der Waals surface area contributed by atoms with Crippen LogP contribution in [0, 0.1) is 20.8 Å². The molecule has 0 aliphatic rings. The molecule has 0 fully saturated rings. The molecule has 1 heterocycles. The second-order valence-corrected chi connectivity index (χ2v) is 5.45. The molecule has 0 saturated carbocycles. The Kier molecular flexibility index (Phi) is 5.15. The summed E-state index contributed by atoms with van der Waals surface area (Å²) < 4.78 is 5.83. The maximum absolute atomic E-state index is 6.03. The molecule has 0 aliphatic carbocycles. The summed E-state index contributed by atoms with van der Waals surface area (Å²) in [6, 6.07) is 4.10. The van der Waals surface area contributed by atoms with Crippen molar-refractivity contribution in [2.45, 2.75) is 34.2 Å². The fourth-order valence-corrected chi connectivity index (χ4v) is 2.43. The standard InChI is InChI=1S/C16H20ClN3O/c1-5-18-8-13-9-19-16(20-12(13)4)21-15-10(2)6-14(17)7-11(15)3/h6-7,9,18H,5,8H2,1-4H3. The topological polar surface area (TPSA) is 47.0 Å². The van der Waals surface area contributed by atoms with Crippen molar-refractivity contribution in [3.63, 3.8) is 0 Å². The summed E-state index contributed by atoms with van der Waals surface area (Å²) in [5.74, 6) is 0.762. The van der Waals surface area contributed by atoms with Gasteiger partial charge in [-0.05, 0) is 50.6 Å².